The van der Waals surface area contributed by atoms with Gasteiger partial charge in [0.15, 0.2) is 5.65 Å². The summed E-state index contributed by atoms with van der Waals surface area (Å²) in [6.07, 6.45) is 3.28. The van der Waals surface area contributed by atoms with Gasteiger partial charge in [0.2, 0.25) is 10.0 Å². The van der Waals surface area contributed by atoms with E-state index >= 15 is 0 Å². The second-order valence-electron chi connectivity index (χ2n) is 8.44. The summed E-state index contributed by atoms with van der Waals surface area (Å²) in [4.78, 5) is 19.8. The first-order valence-electron chi connectivity index (χ1n) is 10.6. The smallest absolute Gasteiger partial charge is 0.256 e. The third-order valence-electron chi connectivity index (χ3n) is 6.07. The first kappa shape index (κ1) is 23.4. The van der Waals surface area contributed by atoms with E-state index in [0.29, 0.717) is 24.3 Å². The fraction of sp³-hybridized carbons (Fsp3) is 0.409. The Morgan fingerprint density at radius 3 is 2.64 bits per heavy atom. The molecule has 0 saturated carbocycles. The first-order valence-corrected chi connectivity index (χ1v) is 12.8. The van der Waals surface area contributed by atoms with Gasteiger partial charge in [-0.05, 0) is 57.7 Å². The second kappa shape index (κ2) is 8.57. The number of halogens is 2. The topological polar surface area (TPSA) is 96.7 Å². The minimum Gasteiger partial charge on any atom is -0.330 e. The molecule has 1 aliphatic heterocycles. The molecular formula is C22H25ClFN5O3S. The van der Waals surface area contributed by atoms with Gasteiger partial charge >= 0.3 is 0 Å². The molecule has 176 valence electrons. The maximum Gasteiger partial charge on any atom is 0.256 e. The molecule has 1 aliphatic rings. The average molecular weight is 494 g/mol. The van der Waals surface area contributed by atoms with Crippen LogP contribution in [0.2, 0.25) is 5.02 Å². The number of carbonyl (C=O) groups is 1. The Kier molecular flexibility index (Phi) is 6.09. The van der Waals surface area contributed by atoms with Gasteiger partial charge in [-0.25, -0.2) is 22.3 Å². The van der Waals surface area contributed by atoms with Crippen molar-refractivity contribution in [2.75, 3.05) is 17.5 Å². The third-order valence-corrected chi connectivity index (χ3v) is 6.95. The lowest BCUT2D eigenvalue weighted by Crippen LogP contribution is -2.39. The van der Waals surface area contributed by atoms with Crippen LogP contribution in [0.1, 0.15) is 58.3 Å². The van der Waals surface area contributed by atoms with Crippen LogP contribution in [-0.4, -0.2) is 46.6 Å². The zero-order valence-corrected chi connectivity index (χ0v) is 20.4. The van der Waals surface area contributed by atoms with Crippen molar-refractivity contribution in [1.29, 1.82) is 0 Å². The summed E-state index contributed by atoms with van der Waals surface area (Å²) in [6, 6.07) is 3.49. The van der Waals surface area contributed by atoms with Gasteiger partial charge in [0.25, 0.3) is 5.91 Å². The summed E-state index contributed by atoms with van der Waals surface area (Å²) in [7, 11) is -3.75. The Morgan fingerprint density at radius 1 is 1.21 bits per heavy atom. The molecule has 1 N–H and O–H groups in total. The van der Waals surface area contributed by atoms with Crippen LogP contribution in [0, 0.1) is 26.6 Å². The highest BCUT2D eigenvalue weighted by Crippen LogP contribution is 2.35. The fourth-order valence-electron chi connectivity index (χ4n) is 4.22. The van der Waals surface area contributed by atoms with Crippen molar-refractivity contribution in [3.05, 3.63) is 57.2 Å². The minimum absolute atomic E-state index is 0.131. The summed E-state index contributed by atoms with van der Waals surface area (Å²) >= 11 is 6.12. The van der Waals surface area contributed by atoms with Crippen LogP contribution < -0.4 is 4.72 Å². The number of piperidine rings is 1. The lowest BCUT2D eigenvalue weighted by Gasteiger charge is -2.35. The van der Waals surface area contributed by atoms with Gasteiger partial charge in [0.05, 0.1) is 34.3 Å². The number of aromatic nitrogens is 3. The van der Waals surface area contributed by atoms with Crippen LogP contribution in [0.3, 0.4) is 0 Å². The van der Waals surface area contributed by atoms with Crippen LogP contribution in [0.5, 0.6) is 0 Å². The van der Waals surface area contributed by atoms with Crippen molar-refractivity contribution in [1.82, 2.24) is 19.5 Å². The van der Waals surface area contributed by atoms with E-state index in [9.17, 15) is 17.6 Å². The molecule has 1 atom stereocenters. The Bertz CT molecular complexity index is 1370. The van der Waals surface area contributed by atoms with E-state index in [1.54, 1.807) is 9.42 Å². The molecule has 3 heterocycles. The lowest BCUT2D eigenvalue weighted by atomic mass is 9.98. The average Bonchev–Trinajstić information content (AvgIpc) is 3.16. The number of anilines is 1. The number of hydrogen-bond acceptors (Lipinski definition) is 5. The number of fused-ring (bicyclic) bond motifs is 1. The Labute approximate surface area is 196 Å². The van der Waals surface area contributed by atoms with Gasteiger partial charge in [0, 0.05) is 24.0 Å². The van der Waals surface area contributed by atoms with Crippen molar-refractivity contribution in [3.8, 4) is 0 Å². The number of nitrogens with zero attached hydrogens (tertiary/aromatic N) is 4. The molecule has 0 aliphatic carbocycles. The van der Waals surface area contributed by atoms with E-state index in [4.69, 9.17) is 16.7 Å². The molecule has 1 amide bonds. The van der Waals surface area contributed by atoms with E-state index < -0.39 is 21.7 Å². The Balaban J connectivity index is 1.78. The van der Waals surface area contributed by atoms with Crippen molar-refractivity contribution in [3.63, 3.8) is 0 Å². The predicted molar refractivity (Wildman–Crippen MR) is 125 cm³/mol. The normalized spacial score (nSPS) is 16.9. The van der Waals surface area contributed by atoms with Gasteiger partial charge in [0.1, 0.15) is 5.82 Å². The van der Waals surface area contributed by atoms with Gasteiger partial charge in [-0.1, -0.05) is 11.6 Å². The van der Waals surface area contributed by atoms with Crippen LogP contribution >= 0.6 is 11.6 Å². The molecule has 1 saturated heterocycles. The minimum atomic E-state index is -3.75. The summed E-state index contributed by atoms with van der Waals surface area (Å²) in [6.45, 7) is 6.32. The molecule has 0 bridgehead atoms. The molecule has 1 aromatic carbocycles. The Hall–Kier alpha value is -2.72. The number of benzene rings is 1. The number of sulfonamides is 1. The van der Waals surface area contributed by atoms with E-state index in [2.05, 4.69) is 9.71 Å². The zero-order valence-electron chi connectivity index (χ0n) is 18.8. The van der Waals surface area contributed by atoms with Crippen molar-refractivity contribution in [2.24, 2.45) is 0 Å². The van der Waals surface area contributed by atoms with E-state index in [-0.39, 0.29) is 22.3 Å². The first-order chi connectivity index (χ1) is 15.5. The maximum atomic E-state index is 14.2. The molecule has 11 heteroatoms. The summed E-state index contributed by atoms with van der Waals surface area (Å²) in [5.41, 5.74) is 4.03. The van der Waals surface area contributed by atoms with Crippen LogP contribution in [-0.2, 0) is 10.0 Å². The molecule has 2 aromatic heterocycles. The monoisotopic (exact) mass is 493 g/mol. The van der Waals surface area contributed by atoms with E-state index in [0.717, 1.165) is 48.2 Å². The van der Waals surface area contributed by atoms with Gasteiger partial charge in [-0.3, -0.25) is 9.52 Å². The van der Waals surface area contributed by atoms with Crippen LogP contribution in [0.15, 0.2) is 18.2 Å². The van der Waals surface area contributed by atoms with E-state index in [1.165, 1.54) is 0 Å². The highest BCUT2D eigenvalue weighted by Gasteiger charge is 2.33. The highest BCUT2D eigenvalue weighted by atomic mass is 35.5. The molecule has 3 aromatic rings. The number of carbonyl (C=O) groups excluding carboxylic acids is 1. The molecule has 33 heavy (non-hydrogen) atoms. The maximum absolute atomic E-state index is 14.2. The summed E-state index contributed by atoms with van der Waals surface area (Å²) in [5, 5.41) is 4.55. The molecule has 4 rings (SSSR count). The quantitative estimate of drug-likeness (QED) is 0.588. The SMILES string of the molecule is Cc1nc2cc(C3CCCCN3C(=O)c3cc(F)cc(Cl)c3NS(C)(=O)=O)nn2c(C)c1C. The molecule has 0 spiro atoms. The van der Waals surface area contributed by atoms with Crippen molar-refractivity contribution < 1.29 is 17.6 Å². The lowest BCUT2D eigenvalue weighted by molar-refractivity contribution is 0.0606. The van der Waals surface area contributed by atoms with E-state index in [1.807, 2.05) is 26.8 Å². The van der Waals surface area contributed by atoms with Crippen LogP contribution in [0.25, 0.3) is 5.65 Å². The Morgan fingerprint density at radius 2 is 1.94 bits per heavy atom. The predicted octanol–water partition coefficient (Wildman–Crippen LogP) is 4.19. The number of likely N-dealkylation sites (tertiary alicyclic amines) is 1. The van der Waals surface area contributed by atoms with Gasteiger partial charge < -0.3 is 4.90 Å². The molecular weight excluding hydrogens is 469 g/mol. The number of rotatable bonds is 4. The van der Waals surface area contributed by atoms with Crippen molar-refractivity contribution in [2.45, 2.75) is 46.1 Å². The molecule has 1 fully saturated rings. The number of nitrogens with one attached hydrogen (secondary N) is 1. The zero-order chi connectivity index (χ0) is 24.1. The number of hydrogen-bond donors (Lipinski definition) is 1. The molecule has 0 radical (unpaired) electrons. The fourth-order valence-corrected chi connectivity index (χ4v) is 5.12. The van der Waals surface area contributed by atoms with Gasteiger partial charge in [-0.2, -0.15) is 5.10 Å². The standard InChI is InChI=1S/C22H25ClFN5O3S/c1-12-13(2)25-20-11-18(26-29(20)14(12)3)19-7-5-6-8-28(19)22(30)16-9-15(24)10-17(23)21(16)27-33(4,31)32/h9-11,19,27H,5-8H2,1-4H3. The highest BCUT2D eigenvalue weighted by molar-refractivity contribution is 7.92. The third kappa shape index (κ3) is 4.54. The molecule has 1 unspecified atom stereocenters. The number of amides is 1. The second-order valence-corrected chi connectivity index (χ2v) is 10.6. The van der Waals surface area contributed by atoms with Gasteiger partial charge in [-0.15, -0.1) is 0 Å². The number of aryl methyl sites for hydroxylation is 2. The van der Waals surface area contributed by atoms with Crippen molar-refractivity contribution >= 4 is 38.9 Å². The van der Waals surface area contributed by atoms with Crippen LogP contribution in [0.4, 0.5) is 10.1 Å². The molecule has 8 nitrogen and oxygen atoms in total. The summed E-state index contributed by atoms with van der Waals surface area (Å²) < 4.78 is 41.9. The largest absolute Gasteiger partial charge is 0.330 e. The summed E-state index contributed by atoms with van der Waals surface area (Å²) in [5.74, 6) is -1.24.